The molecule has 1 unspecified atom stereocenters. The van der Waals surface area contributed by atoms with Gasteiger partial charge in [0.05, 0.1) is 7.11 Å². The van der Waals surface area contributed by atoms with Crippen LogP contribution in [0.25, 0.3) is 0 Å². The molecule has 0 bridgehead atoms. The largest absolute Gasteiger partial charge is 0.497 e. The summed E-state index contributed by atoms with van der Waals surface area (Å²) < 4.78 is 5.16. The van der Waals surface area contributed by atoms with E-state index in [1.165, 1.54) is 5.56 Å². The molecule has 3 heteroatoms. The van der Waals surface area contributed by atoms with E-state index in [1.54, 1.807) is 7.11 Å². The summed E-state index contributed by atoms with van der Waals surface area (Å²) in [5.41, 5.74) is 6.92. The smallest absolute Gasteiger partial charge is 0.119 e. The molecule has 0 fully saturated rings. The highest BCUT2D eigenvalue weighted by atomic mass is 16.5. The topological polar surface area (TPSA) is 47.3 Å². The maximum Gasteiger partial charge on any atom is 0.119 e. The van der Waals surface area contributed by atoms with Gasteiger partial charge in [0.2, 0.25) is 0 Å². The minimum absolute atomic E-state index is 0.218. The lowest BCUT2D eigenvalue weighted by molar-refractivity contribution is 0.414. The zero-order chi connectivity index (χ0) is 11.1. The van der Waals surface area contributed by atoms with Gasteiger partial charge in [-0.15, -0.1) is 0 Å². The fraction of sp³-hybridized carbons (Fsp3) is 0.500. The molecule has 0 heterocycles. The van der Waals surface area contributed by atoms with Gasteiger partial charge in [-0.2, -0.15) is 0 Å². The van der Waals surface area contributed by atoms with Crippen molar-refractivity contribution in [1.82, 2.24) is 5.32 Å². The molecule has 3 nitrogen and oxygen atoms in total. The second kappa shape index (κ2) is 6.43. The van der Waals surface area contributed by atoms with Crippen molar-refractivity contribution in [3.05, 3.63) is 29.8 Å². The van der Waals surface area contributed by atoms with Crippen molar-refractivity contribution in [1.29, 1.82) is 0 Å². The Kier molecular flexibility index (Phi) is 5.15. The first-order chi connectivity index (χ1) is 7.22. The van der Waals surface area contributed by atoms with E-state index in [0.29, 0.717) is 0 Å². The van der Waals surface area contributed by atoms with Crippen molar-refractivity contribution in [3.8, 4) is 5.75 Å². The minimum Gasteiger partial charge on any atom is -0.497 e. The van der Waals surface area contributed by atoms with Crippen LogP contribution in [-0.4, -0.2) is 26.2 Å². The average Bonchev–Trinajstić information content (AvgIpc) is 2.24. The summed E-state index contributed by atoms with van der Waals surface area (Å²) in [4.78, 5) is 0. The maximum absolute atomic E-state index is 5.64. The molecule has 0 aromatic heterocycles. The molecular weight excluding hydrogens is 188 g/mol. The first-order valence-corrected chi connectivity index (χ1v) is 5.31. The van der Waals surface area contributed by atoms with Crippen LogP contribution in [0, 0.1) is 0 Å². The van der Waals surface area contributed by atoms with Crippen LogP contribution < -0.4 is 15.8 Å². The zero-order valence-corrected chi connectivity index (χ0v) is 9.49. The van der Waals surface area contributed by atoms with Gasteiger partial charge in [0.25, 0.3) is 0 Å². The first-order valence-electron chi connectivity index (χ1n) is 5.31. The van der Waals surface area contributed by atoms with Gasteiger partial charge in [-0.25, -0.2) is 0 Å². The van der Waals surface area contributed by atoms with Crippen molar-refractivity contribution in [3.63, 3.8) is 0 Å². The highest BCUT2D eigenvalue weighted by molar-refractivity contribution is 5.28. The lowest BCUT2D eigenvalue weighted by atomic mass is 10.1. The Morgan fingerprint density at radius 2 is 2.27 bits per heavy atom. The molecule has 1 aromatic carbocycles. The van der Waals surface area contributed by atoms with Crippen LogP contribution >= 0.6 is 0 Å². The van der Waals surface area contributed by atoms with Gasteiger partial charge >= 0.3 is 0 Å². The van der Waals surface area contributed by atoms with E-state index in [1.807, 2.05) is 19.1 Å². The molecule has 0 radical (unpaired) electrons. The average molecular weight is 208 g/mol. The van der Waals surface area contributed by atoms with Gasteiger partial charge in [0, 0.05) is 12.6 Å². The molecule has 0 aliphatic carbocycles. The number of ether oxygens (including phenoxy) is 1. The standard InChI is InChI=1S/C12H20N2O/c1-10(13)9-14-7-6-11-4-3-5-12(8-11)15-2/h3-5,8,10,14H,6-7,9,13H2,1-2H3. The molecule has 0 aliphatic heterocycles. The summed E-state index contributed by atoms with van der Waals surface area (Å²) in [5.74, 6) is 0.916. The summed E-state index contributed by atoms with van der Waals surface area (Å²) in [5, 5.41) is 3.30. The Labute approximate surface area is 91.6 Å². The van der Waals surface area contributed by atoms with Crippen molar-refractivity contribution < 1.29 is 4.74 Å². The molecule has 1 rings (SSSR count). The van der Waals surface area contributed by atoms with Crippen molar-refractivity contribution >= 4 is 0 Å². The lowest BCUT2D eigenvalue weighted by Gasteiger charge is -2.08. The summed E-state index contributed by atoms with van der Waals surface area (Å²) in [6.45, 7) is 3.82. The number of hydrogen-bond donors (Lipinski definition) is 2. The molecule has 1 atom stereocenters. The number of methoxy groups -OCH3 is 1. The molecular formula is C12H20N2O. The molecule has 84 valence electrons. The normalized spacial score (nSPS) is 12.5. The third-order valence-corrected chi connectivity index (χ3v) is 2.19. The summed E-state index contributed by atoms with van der Waals surface area (Å²) in [6.07, 6.45) is 1.00. The van der Waals surface area contributed by atoms with E-state index in [4.69, 9.17) is 10.5 Å². The predicted molar refractivity (Wildman–Crippen MR) is 63.2 cm³/mol. The van der Waals surface area contributed by atoms with Gasteiger partial charge < -0.3 is 15.8 Å². The van der Waals surface area contributed by atoms with E-state index in [0.717, 1.165) is 25.3 Å². The zero-order valence-electron chi connectivity index (χ0n) is 9.49. The van der Waals surface area contributed by atoms with Crippen LogP contribution in [0.2, 0.25) is 0 Å². The third-order valence-electron chi connectivity index (χ3n) is 2.19. The molecule has 0 aliphatic rings. The number of nitrogens with one attached hydrogen (secondary N) is 1. The van der Waals surface area contributed by atoms with Crippen molar-refractivity contribution in [2.24, 2.45) is 5.73 Å². The Morgan fingerprint density at radius 1 is 1.47 bits per heavy atom. The van der Waals surface area contributed by atoms with E-state index in [9.17, 15) is 0 Å². The molecule has 15 heavy (non-hydrogen) atoms. The van der Waals surface area contributed by atoms with Crippen molar-refractivity contribution in [2.45, 2.75) is 19.4 Å². The molecule has 3 N–H and O–H groups in total. The first kappa shape index (κ1) is 12.0. The van der Waals surface area contributed by atoms with Crippen LogP contribution in [-0.2, 0) is 6.42 Å². The highest BCUT2D eigenvalue weighted by Gasteiger charge is 1.96. The van der Waals surface area contributed by atoms with Gasteiger partial charge in [0.15, 0.2) is 0 Å². The van der Waals surface area contributed by atoms with E-state index < -0.39 is 0 Å². The Morgan fingerprint density at radius 3 is 2.93 bits per heavy atom. The van der Waals surface area contributed by atoms with E-state index in [2.05, 4.69) is 17.4 Å². The third kappa shape index (κ3) is 4.81. The fourth-order valence-electron chi connectivity index (χ4n) is 1.39. The molecule has 1 aromatic rings. The van der Waals surface area contributed by atoms with Crippen molar-refractivity contribution in [2.75, 3.05) is 20.2 Å². The van der Waals surface area contributed by atoms with Gasteiger partial charge in [-0.3, -0.25) is 0 Å². The SMILES string of the molecule is COc1cccc(CCNCC(C)N)c1. The van der Waals surface area contributed by atoms with Crippen LogP contribution in [0.3, 0.4) is 0 Å². The molecule has 0 saturated carbocycles. The van der Waals surface area contributed by atoms with Gasteiger partial charge in [-0.1, -0.05) is 12.1 Å². The maximum atomic E-state index is 5.64. The van der Waals surface area contributed by atoms with Crippen LogP contribution in [0.5, 0.6) is 5.75 Å². The van der Waals surface area contributed by atoms with E-state index in [-0.39, 0.29) is 6.04 Å². The van der Waals surface area contributed by atoms with Crippen LogP contribution in [0.1, 0.15) is 12.5 Å². The summed E-state index contributed by atoms with van der Waals surface area (Å²) in [7, 11) is 1.69. The molecule has 0 amide bonds. The van der Waals surface area contributed by atoms with Crippen LogP contribution in [0.15, 0.2) is 24.3 Å². The minimum atomic E-state index is 0.218. The Balaban J connectivity index is 2.30. The van der Waals surface area contributed by atoms with Crippen LogP contribution in [0.4, 0.5) is 0 Å². The number of rotatable bonds is 6. The van der Waals surface area contributed by atoms with Gasteiger partial charge in [0.1, 0.15) is 5.75 Å². The van der Waals surface area contributed by atoms with E-state index >= 15 is 0 Å². The second-order valence-corrected chi connectivity index (χ2v) is 3.78. The number of nitrogens with two attached hydrogens (primary N) is 1. The Bertz CT molecular complexity index is 287. The Hall–Kier alpha value is -1.06. The predicted octanol–water partition coefficient (Wildman–Crippen LogP) is 1.17. The number of benzene rings is 1. The van der Waals surface area contributed by atoms with Gasteiger partial charge in [-0.05, 0) is 37.6 Å². The summed E-state index contributed by atoms with van der Waals surface area (Å²) >= 11 is 0. The fourth-order valence-corrected chi connectivity index (χ4v) is 1.39. The monoisotopic (exact) mass is 208 g/mol. The molecule has 0 spiro atoms. The molecule has 0 saturated heterocycles. The highest BCUT2D eigenvalue weighted by Crippen LogP contribution is 2.12. The summed E-state index contributed by atoms with van der Waals surface area (Å²) in [6, 6.07) is 8.36. The quantitative estimate of drug-likeness (QED) is 0.690. The second-order valence-electron chi connectivity index (χ2n) is 3.78. The number of hydrogen-bond acceptors (Lipinski definition) is 3. The lowest BCUT2D eigenvalue weighted by Crippen LogP contribution is -2.32.